The summed E-state index contributed by atoms with van der Waals surface area (Å²) in [5.41, 5.74) is -0.340. The van der Waals surface area contributed by atoms with Gasteiger partial charge in [0.1, 0.15) is 24.3 Å². The Morgan fingerprint density at radius 1 is 1.35 bits per heavy atom. The maximum absolute atomic E-state index is 13.5. The molecule has 156 valence electrons. The summed E-state index contributed by atoms with van der Waals surface area (Å²) in [5.74, 6) is -0.266. The zero-order valence-corrected chi connectivity index (χ0v) is 17.3. The van der Waals surface area contributed by atoms with Crippen molar-refractivity contribution in [3.8, 4) is 11.9 Å². The first-order valence-corrected chi connectivity index (χ1v) is 11.1. The smallest absolute Gasteiger partial charge is 0.351 e. The molecule has 0 bridgehead atoms. The van der Waals surface area contributed by atoms with Gasteiger partial charge in [-0.15, -0.1) is 0 Å². The summed E-state index contributed by atoms with van der Waals surface area (Å²) in [6.07, 6.45) is 1.10. The minimum absolute atomic E-state index is 0.000996. The number of nitrogens with zero attached hydrogens (tertiary/aromatic N) is 5. The number of nitriles is 1. The van der Waals surface area contributed by atoms with Crippen LogP contribution in [0.4, 0.5) is 10.2 Å². The van der Waals surface area contributed by atoms with Gasteiger partial charge in [0.2, 0.25) is 15.9 Å². The fraction of sp³-hybridized carbons (Fsp3) is 0.389. The topological polar surface area (TPSA) is 109 Å². The lowest BCUT2D eigenvalue weighted by Gasteiger charge is -2.41. The number of piperazine rings is 1. The number of sulfonamides is 1. The number of rotatable bonds is 4. The van der Waals surface area contributed by atoms with Crippen LogP contribution in [0.5, 0.6) is 5.88 Å². The van der Waals surface area contributed by atoms with Gasteiger partial charge in [0.05, 0.1) is 33.6 Å². The highest BCUT2D eigenvalue weighted by Gasteiger charge is 2.48. The van der Waals surface area contributed by atoms with Gasteiger partial charge in [-0.1, -0.05) is 6.07 Å². The minimum Gasteiger partial charge on any atom is -0.473 e. The highest BCUT2D eigenvalue weighted by molar-refractivity contribution is 7.88. The van der Waals surface area contributed by atoms with Crippen LogP contribution < -0.4 is 15.3 Å². The Kier molecular flexibility index (Phi) is 5.10. The Morgan fingerprint density at radius 2 is 2.10 bits per heavy atom. The lowest BCUT2D eigenvalue weighted by Crippen LogP contribution is -2.60. The van der Waals surface area contributed by atoms with E-state index in [0.29, 0.717) is 11.4 Å². The number of benzene rings is 1. The van der Waals surface area contributed by atoms with Crippen molar-refractivity contribution < 1.29 is 17.5 Å². The molecular formula is C18H16B2FN5O4S. The second kappa shape index (κ2) is 7.39. The average molecular weight is 439 g/mol. The van der Waals surface area contributed by atoms with Gasteiger partial charge in [0, 0.05) is 25.7 Å². The molecule has 4 rings (SSSR count). The summed E-state index contributed by atoms with van der Waals surface area (Å²) in [7, 11) is 9.03. The molecule has 0 amide bonds. The van der Waals surface area contributed by atoms with Crippen molar-refractivity contribution in [3.63, 3.8) is 0 Å². The van der Waals surface area contributed by atoms with Crippen LogP contribution in [0, 0.1) is 17.1 Å². The molecule has 0 spiro atoms. The van der Waals surface area contributed by atoms with Crippen LogP contribution in [0.2, 0.25) is 0 Å². The van der Waals surface area contributed by atoms with Gasteiger partial charge in [-0.3, -0.25) is 4.57 Å². The summed E-state index contributed by atoms with van der Waals surface area (Å²) < 4.78 is 45.4. The molecule has 9 nitrogen and oxygen atoms in total. The molecule has 13 heteroatoms. The largest absolute Gasteiger partial charge is 0.473 e. The van der Waals surface area contributed by atoms with Gasteiger partial charge in [0.25, 0.3) is 0 Å². The molecule has 1 aromatic carbocycles. The van der Waals surface area contributed by atoms with Crippen LogP contribution in [0.3, 0.4) is 0 Å². The SMILES string of the molecule is [B]C1([B])C2CN(S(C)(=O)=O)CCN2c2cc(OCc3ccc(F)c(C#N)c3)nc(=O)n21. The van der Waals surface area contributed by atoms with E-state index >= 15 is 0 Å². The highest BCUT2D eigenvalue weighted by Crippen LogP contribution is 2.37. The first kappa shape index (κ1) is 21.4. The molecule has 2 aliphatic rings. The third-order valence-corrected chi connectivity index (χ3v) is 6.71. The molecule has 0 N–H and O–H groups in total. The molecule has 4 radical (unpaired) electrons. The molecule has 2 aliphatic heterocycles. The Morgan fingerprint density at radius 3 is 2.77 bits per heavy atom. The van der Waals surface area contributed by atoms with E-state index in [9.17, 15) is 17.6 Å². The van der Waals surface area contributed by atoms with E-state index in [2.05, 4.69) is 4.98 Å². The van der Waals surface area contributed by atoms with Crippen molar-refractivity contribution in [3.05, 3.63) is 51.7 Å². The maximum atomic E-state index is 13.5. The molecule has 3 heterocycles. The minimum atomic E-state index is -3.45. The van der Waals surface area contributed by atoms with Crippen molar-refractivity contribution in [1.82, 2.24) is 13.9 Å². The Labute approximate surface area is 180 Å². The van der Waals surface area contributed by atoms with Crippen molar-refractivity contribution in [1.29, 1.82) is 5.26 Å². The van der Waals surface area contributed by atoms with Crippen LogP contribution in [0.1, 0.15) is 11.1 Å². The lowest BCUT2D eigenvalue weighted by molar-refractivity contribution is 0.291. The monoisotopic (exact) mass is 439 g/mol. The second-order valence-corrected chi connectivity index (χ2v) is 9.49. The quantitative estimate of drug-likeness (QED) is 0.577. The molecule has 1 fully saturated rings. The molecule has 1 atom stereocenters. The van der Waals surface area contributed by atoms with Gasteiger partial charge in [-0.2, -0.15) is 14.6 Å². The summed E-state index contributed by atoms with van der Waals surface area (Å²) in [6.45, 7) is 0.465. The van der Waals surface area contributed by atoms with Crippen LogP contribution in [-0.2, 0) is 22.0 Å². The van der Waals surface area contributed by atoms with E-state index in [1.807, 2.05) is 0 Å². The van der Waals surface area contributed by atoms with Crippen molar-refractivity contribution >= 4 is 31.5 Å². The normalized spacial score (nSPS) is 20.0. The van der Waals surface area contributed by atoms with Gasteiger partial charge < -0.3 is 9.64 Å². The van der Waals surface area contributed by atoms with Crippen molar-refractivity contribution in [2.45, 2.75) is 18.0 Å². The lowest BCUT2D eigenvalue weighted by atomic mass is 9.57. The fourth-order valence-electron chi connectivity index (χ4n) is 3.88. The summed E-state index contributed by atoms with van der Waals surface area (Å²) in [5, 5.41) is 7.27. The van der Waals surface area contributed by atoms with Crippen molar-refractivity contribution in [2.75, 3.05) is 30.8 Å². The standard InChI is InChI=1S/C18H16B2FN5O4S/c1-31(28,29)24-4-5-25-14(9-24)18(19,20)26-16(25)7-15(23-17(26)27)30-10-11-2-3-13(21)12(6-11)8-22/h2-3,6-7,14H,4-5,9-10H2,1H3. The highest BCUT2D eigenvalue weighted by atomic mass is 32.2. The number of anilines is 1. The fourth-order valence-corrected chi connectivity index (χ4v) is 4.71. The van der Waals surface area contributed by atoms with Crippen LogP contribution in [-0.4, -0.2) is 69.9 Å². The van der Waals surface area contributed by atoms with Crippen molar-refractivity contribution in [2.24, 2.45) is 0 Å². The van der Waals surface area contributed by atoms with E-state index < -0.39 is 32.9 Å². The predicted octanol–water partition coefficient (Wildman–Crippen LogP) is -0.756. The zero-order chi connectivity index (χ0) is 22.6. The predicted molar refractivity (Wildman–Crippen MR) is 111 cm³/mol. The first-order chi connectivity index (χ1) is 14.5. The van der Waals surface area contributed by atoms with Crippen LogP contribution in [0.25, 0.3) is 0 Å². The van der Waals surface area contributed by atoms with E-state index in [4.69, 9.17) is 25.7 Å². The second-order valence-electron chi connectivity index (χ2n) is 7.50. The molecular weight excluding hydrogens is 423 g/mol. The average Bonchev–Trinajstić information content (AvgIpc) is 2.94. The number of halogens is 1. The Balaban J connectivity index is 1.62. The van der Waals surface area contributed by atoms with Crippen LogP contribution in [0.15, 0.2) is 29.1 Å². The molecule has 2 aromatic rings. The molecule has 0 aliphatic carbocycles. The molecule has 1 aromatic heterocycles. The Hall–Kier alpha value is -2.84. The molecule has 0 saturated carbocycles. The van der Waals surface area contributed by atoms with E-state index in [0.717, 1.165) is 16.9 Å². The van der Waals surface area contributed by atoms with Gasteiger partial charge in [-0.05, 0) is 23.0 Å². The summed E-state index contributed by atoms with van der Waals surface area (Å²) >= 11 is 0. The summed E-state index contributed by atoms with van der Waals surface area (Å²) in [4.78, 5) is 18.3. The van der Waals surface area contributed by atoms with E-state index in [-0.39, 0.29) is 37.7 Å². The Bertz CT molecular complexity index is 1260. The number of hydrogen-bond donors (Lipinski definition) is 0. The number of fused-ring (bicyclic) bond motifs is 3. The third kappa shape index (κ3) is 3.70. The first-order valence-electron chi connectivity index (χ1n) is 9.28. The molecule has 1 saturated heterocycles. The summed E-state index contributed by atoms with van der Waals surface area (Å²) in [6, 6.07) is 6.55. The number of hydrogen-bond acceptors (Lipinski definition) is 7. The van der Waals surface area contributed by atoms with Gasteiger partial charge in [0.15, 0.2) is 0 Å². The number of ether oxygens (including phenoxy) is 1. The molecule has 31 heavy (non-hydrogen) atoms. The molecule has 1 unspecified atom stereocenters. The van der Waals surface area contributed by atoms with Gasteiger partial charge in [-0.25, -0.2) is 17.6 Å². The maximum Gasteiger partial charge on any atom is 0.351 e. The van der Waals surface area contributed by atoms with E-state index in [1.54, 1.807) is 11.0 Å². The van der Waals surface area contributed by atoms with Gasteiger partial charge >= 0.3 is 5.69 Å². The third-order valence-electron chi connectivity index (χ3n) is 5.44. The van der Waals surface area contributed by atoms with Crippen LogP contribution >= 0.6 is 0 Å². The number of aromatic nitrogens is 2. The zero-order valence-electron chi connectivity index (χ0n) is 16.5. The van der Waals surface area contributed by atoms with E-state index in [1.165, 1.54) is 22.5 Å².